The molecule has 0 saturated carbocycles. The van der Waals surface area contributed by atoms with Crippen molar-refractivity contribution < 1.29 is 4.74 Å². The Morgan fingerprint density at radius 2 is 2.50 bits per heavy atom. The SMILES string of the molecule is C=C/C=C(C)\C=N/N1CCOC1. The first-order valence-electron chi connectivity index (χ1n) is 3.99. The minimum Gasteiger partial charge on any atom is -0.358 e. The molecule has 1 fully saturated rings. The van der Waals surface area contributed by atoms with E-state index >= 15 is 0 Å². The Morgan fingerprint density at radius 1 is 1.67 bits per heavy atom. The molecule has 1 heterocycles. The standard InChI is InChI=1S/C9H14N2O/c1-3-4-9(2)7-10-11-5-6-12-8-11/h3-4,7H,1,5-6,8H2,2H3/b9-4-,10-7-. The highest BCUT2D eigenvalue weighted by Gasteiger charge is 2.06. The van der Waals surface area contributed by atoms with Gasteiger partial charge in [-0.05, 0) is 12.5 Å². The summed E-state index contributed by atoms with van der Waals surface area (Å²) >= 11 is 0. The summed E-state index contributed by atoms with van der Waals surface area (Å²) in [6.45, 7) is 7.87. The lowest BCUT2D eigenvalue weighted by Crippen LogP contribution is -2.12. The summed E-state index contributed by atoms with van der Waals surface area (Å²) in [6, 6.07) is 0. The van der Waals surface area contributed by atoms with Gasteiger partial charge in [-0.25, -0.2) is 0 Å². The summed E-state index contributed by atoms with van der Waals surface area (Å²) in [4.78, 5) is 0. The maximum atomic E-state index is 5.12. The molecule has 0 unspecified atom stereocenters. The number of ether oxygens (including phenoxy) is 1. The molecule has 12 heavy (non-hydrogen) atoms. The van der Waals surface area contributed by atoms with Crippen molar-refractivity contribution in [3.05, 3.63) is 24.3 Å². The molecule has 0 aliphatic carbocycles. The molecule has 1 aliphatic rings. The van der Waals surface area contributed by atoms with Gasteiger partial charge >= 0.3 is 0 Å². The molecule has 1 saturated heterocycles. The number of hydrogen-bond acceptors (Lipinski definition) is 3. The predicted molar refractivity (Wildman–Crippen MR) is 50.0 cm³/mol. The van der Waals surface area contributed by atoms with Gasteiger partial charge in [0.25, 0.3) is 0 Å². The van der Waals surface area contributed by atoms with E-state index in [0.29, 0.717) is 6.73 Å². The average Bonchev–Trinajstić information content (AvgIpc) is 2.53. The largest absolute Gasteiger partial charge is 0.358 e. The van der Waals surface area contributed by atoms with Gasteiger partial charge in [0.1, 0.15) is 6.73 Å². The average molecular weight is 166 g/mol. The van der Waals surface area contributed by atoms with Crippen LogP contribution in [-0.4, -0.2) is 31.1 Å². The highest BCUT2D eigenvalue weighted by molar-refractivity contribution is 5.77. The van der Waals surface area contributed by atoms with E-state index < -0.39 is 0 Å². The maximum absolute atomic E-state index is 5.12. The fourth-order valence-corrected chi connectivity index (χ4v) is 0.897. The molecular weight excluding hydrogens is 152 g/mol. The lowest BCUT2D eigenvalue weighted by Gasteiger charge is -2.06. The number of hydrazone groups is 1. The summed E-state index contributed by atoms with van der Waals surface area (Å²) in [7, 11) is 0. The number of allylic oxidation sites excluding steroid dienone is 3. The predicted octanol–water partition coefficient (Wildman–Crippen LogP) is 1.39. The van der Waals surface area contributed by atoms with Crippen LogP contribution in [0.3, 0.4) is 0 Å². The van der Waals surface area contributed by atoms with Crippen LogP contribution in [0, 0.1) is 0 Å². The highest BCUT2D eigenvalue weighted by atomic mass is 16.5. The summed E-state index contributed by atoms with van der Waals surface area (Å²) in [5.41, 5.74) is 1.09. The third kappa shape index (κ3) is 2.88. The lowest BCUT2D eigenvalue weighted by molar-refractivity contribution is 0.143. The molecule has 0 aromatic carbocycles. The van der Waals surface area contributed by atoms with Crippen LogP contribution in [0.5, 0.6) is 0 Å². The maximum Gasteiger partial charge on any atom is 0.135 e. The van der Waals surface area contributed by atoms with E-state index in [2.05, 4.69) is 11.7 Å². The number of nitrogens with zero attached hydrogens (tertiary/aromatic N) is 2. The Labute approximate surface area is 73.0 Å². The first kappa shape index (κ1) is 9.00. The van der Waals surface area contributed by atoms with Crippen molar-refractivity contribution in [2.45, 2.75) is 6.92 Å². The van der Waals surface area contributed by atoms with E-state index in [1.54, 1.807) is 6.08 Å². The first-order valence-corrected chi connectivity index (χ1v) is 3.99. The number of rotatable bonds is 3. The minimum absolute atomic E-state index is 0.609. The molecule has 0 aromatic heterocycles. The Morgan fingerprint density at radius 3 is 3.08 bits per heavy atom. The van der Waals surface area contributed by atoms with Gasteiger partial charge in [0, 0.05) is 0 Å². The Bertz CT molecular complexity index is 203. The normalized spacial score (nSPS) is 19.1. The van der Waals surface area contributed by atoms with Crippen LogP contribution in [0.2, 0.25) is 0 Å². The van der Waals surface area contributed by atoms with E-state index in [1.165, 1.54) is 0 Å². The lowest BCUT2D eigenvalue weighted by atomic mass is 10.3. The zero-order valence-electron chi connectivity index (χ0n) is 7.36. The molecule has 0 bridgehead atoms. The zero-order chi connectivity index (χ0) is 8.81. The second-order valence-electron chi connectivity index (χ2n) is 2.66. The van der Waals surface area contributed by atoms with E-state index in [1.807, 2.05) is 24.2 Å². The molecule has 66 valence electrons. The fourth-order valence-electron chi connectivity index (χ4n) is 0.897. The molecule has 1 rings (SSSR count). The van der Waals surface area contributed by atoms with Crippen LogP contribution in [-0.2, 0) is 4.74 Å². The quantitative estimate of drug-likeness (QED) is 0.467. The Balaban J connectivity index is 2.37. The van der Waals surface area contributed by atoms with Crippen molar-refractivity contribution in [2.75, 3.05) is 19.9 Å². The van der Waals surface area contributed by atoms with Gasteiger partial charge in [0.2, 0.25) is 0 Å². The molecule has 0 amide bonds. The van der Waals surface area contributed by atoms with Gasteiger partial charge in [-0.1, -0.05) is 18.7 Å². The van der Waals surface area contributed by atoms with Crippen LogP contribution >= 0.6 is 0 Å². The van der Waals surface area contributed by atoms with Gasteiger partial charge in [0.15, 0.2) is 0 Å². The van der Waals surface area contributed by atoms with Crippen molar-refractivity contribution in [2.24, 2.45) is 5.10 Å². The van der Waals surface area contributed by atoms with Crippen LogP contribution < -0.4 is 0 Å². The molecule has 3 heteroatoms. The van der Waals surface area contributed by atoms with Crippen LogP contribution in [0.25, 0.3) is 0 Å². The van der Waals surface area contributed by atoms with E-state index in [-0.39, 0.29) is 0 Å². The zero-order valence-corrected chi connectivity index (χ0v) is 7.36. The molecule has 0 aromatic rings. The van der Waals surface area contributed by atoms with Crippen molar-refractivity contribution in [3.8, 4) is 0 Å². The Kier molecular flexibility index (Phi) is 3.54. The van der Waals surface area contributed by atoms with Crippen LogP contribution in [0.1, 0.15) is 6.92 Å². The van der Waals surface area contributed by atoms with E-state index in [0.717, 1.165) is 18.7 Å². The van der Waals surface area contributed by atoms with Crippen LogP contribution in [0.15, 0.2) is 29.4 Å². The number of hydrogen-bond donors (Lipinski definition) is 0. The monoisotopic (exact) mass is 166 g/mol. The summed E-state index contributed by atoms with van der Waals surface area (Å²) in [5.74, 6) is 0. The van der Waals surface area contributed by atoms with Crippen molar-refractivity contribution in [1.29, 1.82) is 0 Å². The molecule has 0 N–H and O–H groups in total. The minimum atomic E-state index is 0.609. The second kappa shape index (κ2) is 4.72. The molecule has 1 aliphatic heterocycles. The molecular formula is C9H14N2O. The fraction of sp³-hybridized carbons (Fsp3) is 0.444. The van der Waals surface area contributed by atoms with Crippen molar-refractivity contribution in [1.82, 2.24) is 5.01 Å². The Hall–Kier alpha value is -1.09. The molecule has 3 nitrogen and oxygen atoms in total. The van der Waals surface area contributed by atoms with Gasteiger partial charge in [0.05, 0.1) is 19.4 Å². The van der Waals surface area contributed by atoms with Gasteiger partial charge in [-0.3, -0.25) is 5.01 Å². The van der Waals surface area contributed by atoms with Gasteiger partial charge in [-0.2, -0.15) is 5.10 Å². The van der Waals surface area contributed by atoms with E-state index in [4.69, 9.17) is 4.74 Å². The van der Waals surface area contributed by atoms with Crippen molar-refractivity contribution >= 4 is 6.21 Å². The van der Waals surface area contributed by atoms with Gasteiger partial charge in [-0.15, -0.1) is 0 Å². The third-order valence-electron chi connectivity index (χ3n) is 1.54. The third-order valence-corrected chi connectivity index (χ3v) is 1.54. The van der Waals surface area contributed by atoms with Gasteiger partial charge < -0.3 is 4.74 Å². The molecule has 0 spiro atoms. The summed E-state index contributed by atoms with van der Waals surface area (Å²) in [6.07, 6.45) is 5.48. The smallest absolute Gasteiger partial charge is 0.135 e. The summed E-state index contributed by atoms with van der Waals surface area (Å²) < 4.78 is 5.12. The second-order valence-corrected chi connectivity index (χ2v) is 2.66. The van der Waals surface area contributed by atoms with Crippen molar-refractivity contribution in [3.63, 3.8) is 0 Å². The molecule has 0 atom stereocenters. The first-order chi connectivity index (χ1) is 5.83. The van der Waals surface area contributed by atoms with E-state index in [9.17, 15) is 0 Å². The highest BCUT2D eigenvalue weighted by Crippen LogP contribution is 1.99. The topological polar surface area (TPSA) is 24.8 Å². The molecule has 0 radical (unpaired) electrons. The van der Waals surface area contributed by atoms with Crippen LogP contribution in [0.4, 0.5) is 0 Å². The summed E-state index contributed by atoms with van der Waals surface area (Å²) in [5, 5.41) is 6.10.